The Morgan fingerprint density at radius 3 is 2.83 bits per heavy atom. The number of amides is 1. The van der Waals surface area contributed by atoms with E-state index in [1.807, 2.05) is 38.1 Å². The summed E-state index contributed by atoms with van der Waals surface area (Å²) in [7, 11) is 0. The van der Waals surface area contributed by atoms with E-state index in [4.69, 9.17) is 4.74 Å². The number of para-hydroxylation sites is 2. The van der Waals surface area contributed by atoms with Crippen LogP contribution in [-0.4, -0.2) is 27.0 Å². The maximum Gasteiger partial charge on any atom is 0.272 e. The molecule has 0 unspecified atom stereocenters. The molecule has 8 heteroatoms. The van der Waals surface area contributed by atoms with Crippen molar-refractivity contribution in [3.63, 3.8) is 0 Å². The lowest BCUT2D eigenvalue weighted by Gasteiger charge is -2.18. The SMILES string of the molecule is CCOc1ccccc1NC(=O)[C@H](CC)n1cnc2c(sc3ncccc32)c1=O. The van der Waals surface area contributed by atoms with Crippen LogP contribution in [-0.2, 0) is 4.79 Å². The number of carbonyl (C=O) groups excluding carboxylic acids is 1. The molecular formula is C21H20N4O3S. The highest BCUT2D eigenvalue weighted by Gasteiger charge is 2.23. The summed E-state index contributed by atoms with van der Waals surface area (Å²) in [5.74, 6) is 0.303. The van der Waals surface area contributed by atoms with Crippen molar-refractivity contribution in [3.05, 3.63) is 59.3 Å². The minimum absolute atomic E-state index is 0.238. The first-order valence-electron chi connectivity index (χ1n) is 9.41. The average molecular weight is 408 g/mol. The number of hydrogen-bond donors (Lipinski definition) is 1. The molecule has 0 saturated heterocycles. The van der Waals surface area contributed by atoms with Crippen molar-refractivity contribution in [2.24, 2.45) is 0 Å². The van der Waals surface area contributed by atoms with E-state index in [0.29, 0.717) is 34.7 Å². The van der Waals surface area contributed by atoms with Crippen LogP contribution in [0.2, 0.25) is 0 Å². The molecule has 3 aromatic heterocycles. The first kappa shape index (κ1) is 19.1. The summed E-state index contributed by atoms with van der Waals surface area (Å²) in [6, 6.07) is 10.3. The van der Waals surface area contributed by atoms with Crippen molar-refractivity contribution in [2.45, 2.75) is 26.3 Å². The molecule has 0 bridgehead atoms. The molecule has 3 heterocycles. The largest absolute Gasteiger partial charge is 0.492 e. The number of aromatic nitrogens is 3. The molecule has 1 N–H and O–H groups in total. The molecule has 4 aromatic rings. The third-order valence-electron chi connectivity index (χ3n) is 4.65. The van der Waals surface area contributed by atoms with Gasteiger partial charge in [-0.15, -0.1) is 11.3 Å². The Kier molecular flexibility index (Phi) is 5.26. The van der Waals surface area contributed by atoms with Crippen molar-refractivity contribution in [3.8, 4) is 5.75 Å². The number of fused-ring (bicyclic) bond motifs is 3. The highest BCUT2D eigenvalue weighted by Crippen LogP contribution is 2.29. The maximum atomic E-state index is 13.1. The van der Waals surface area contributed by atoms with E-state index < -0.39 is 6.04 Å². The fraction of sp³-hybridized carbons (Fsp3) is 0.238. The van der Waals surface area contributed by atoms with Crippen LogP contribution < -0.4 is 15.6 Å². The smallest absolute Gasteiger partial charge is 0.272 e. The standard InChI is InChI=1S/C21H20N4O3S/c1-3-15(19(26)24-14-9-5-6-10-16(14)28-4-2)25-12-23-17-13-8-7-11-22-20(13)29-18(17)21(25)27/h5-12,15H,3-4H2,1-2H3,(H,24,26)/t15-/m0/s1. The van der Waals surface area contributed by atoms with Crippen LogP contribution in [0.1, 0.15) is 26.3 Å². The lowest BCUT2D eigenvalue weighted by molar-refractivity contribution is -0.119. The number of benzene rings is 1. The van der Waals surface area contributed by atoms with Gasteiger partial charge >= 0.3 is 0 Å². The lowest BCUT2D eigenvalue weighted by Crippen LogP contribution is -2.33. The minimum Gasteiger partial charge on any atom is -0.492 e. The zero-order valence-corrected chi connectivity index (χ0v) is 16.9. The molecule has 0 fully saturated rings. The van der Waals surface area contributed by atoms with Crippen LogP contribution in [0, 0.1) is 0 Å². The fourth-order valence-corrected chi connectivity index (χ4v) is 4.31. The van der Waals surface area contributed by atoms with Gasteiger partial charge in [0, 0.05) is 11.6 Å². The first-order chi connectivity index (χ1) is 14.1. The Bertz CT molecular complexity index is 1250. The summed E-state index contributed by atoms with van der Waals surface area (Å²) in [5, 5.41) is 3.73. The number of ether oxygens (including phenoxy) is 1. The van der Waals surface area contributed by atoms with E-state index in [9.17, 15) is 9.59 Å². The highest BCUT2D eigenvalue weighted by molar-refractivity contribution is 7.25. The number of anilines is 1. The van der Waals surface area contributed by atoms with Gasteiger partial charge in [-0.25, -0.2) is 9.97 Å². The average Bonchev–Trinajstić information content (AvgIpc) is 3.11. The number of nitrogens with one attached hydrogen (secondary N) is 1. The van der Waals surface area contributed by atoms with Gasteiger partial charge in [0.25, 0.3) is 5.56 Å². The predicted molar refractivity (Wildman–Crippen MR) is 115 cm³/mol. The second-order valence-corrected chi connectivity index (χ2v) is 7.43. The van der Waals surface area contributed by atoms with Crippen molar-refractivity contribution in [1.82, 2.24) is 14.5 Å². The minimum atomic E-state index is -0.688. The Balaban J connectivity index is 1.71. The summed E-state index contributed by atoms with van der Waals surface area (Å²) in [4.78, 5) is 35.7. The summed E-state index contributed by atoms with van der Waals surface area (Å²) in [5.41, 5.74) is 0.959. The summed E-state index contributed by atoms with van der Waals surface area (Å²) < 4.78 is 7.47. The van der Waals surface area contributed by atoms with Crippen LogP contribution >= 0.6 is 11.3 Å². The second kappa shape index (κ2) is 8.00. The fourth-order valence-electron chi connectivity index (χ4n) is 3.28. The van der Waals surface area contributed by atoms with E-state index in [-0.39, 0.29) is 11.5 Å². The molecule has 1 amide bonds. The molecular weight excluding hydrogens is 388 g/mol. The van der Waals surface area contributed by atoms with Crippen LogP contribution in [0.3, 0.4) is 0 Å². The molecule has 7 nitrogen and oxygen atoms in total. The molecule has 29 heavy (non-hydrogen) atoms. The van der Waals surface area contributed by atoms with Gasteiger partial charge in [-0.1, -0.05) is 19.1 Å². The van der Waals surface area contributed by atoms with Gasteiger partial charge in [-0.3, -0.25) is 14.2 Å². The number of hydrogen-bond acceptors (Lipinski definition) is 6. The zero-order valence-electron chi connectivity index (χ0n) is 16.1. The van der Waals surface area contributed by atoms with Gasteiger partial charge in [0.2, 0.25) is 5.91 Å². The maximum absolute atomic E-state index is 13.1. The normalized spacial score (nSPS) is 12.2. The molecule has 0 spiro atoms. The summed E-state index contributed by atoms with van der Waals surface area (Å²) in [6.45, 7) is 4.24. The Morgan fingerprint density at radius 1 is 1.21 bits per heavy atom. The Labute approximate surface area is 171 Å². The van der Waals surface area contributed by atoms with Gasteiger partial charge in [-0.2, -0.15) is 0 Å². The zero-order chi connectivity index (χ0) is 20.4. The molecule has 0 saturated carbocycles. The van der Waals surface area contributed by atoms with E-state index in [2.05, 4.69) is 15.3 Å². The summed E-state index contributed by atoms with van der Waals surface area (Å²) in [6.07, 6.45) is 3.58. The highest BCUT2D eigenvalue weighted by atomic mass is 32.1. The molecule has 0 aliphatic rings. The van der Waals surface area contributed by atoms with E-state index >= 15 is 0 Å². The Morgan fingerprint density at radius 2 is 2.03 bits per heavy atom. The number of carbonyl (C=O) groups is 1. The monoisotopic (exact) mass is 408 g/mol. The van der Waals surface area contributed by atoms with Gasteiger partial charge in [0.15, 0.2) is 0 Å². The third-order valence-corrected chi connectivity index (χ3v) is 5.74. The van der Waals surface area contributed by atoms with Crippen LogP contribution in [0.15, 0.2) is 53.7 Å². The molecule has 1 atom stereocenters. The van der Waals surface area contributed by atoms with Gasteiger partial charge in [-0.05, 0) is 37.6 Å². The lowest BCUT2D eigenvalue weighted by atomic mass is 10.2. The van der Waals surface area contributed by atoms with E-state index in [1.165, 1.54) is 22.2 Å². The number of rotatable bonds is 6. The molecule has 0 radical (unpaired) electrons. The van der Waals surface area contributed by atoms with Gasteiger partial charge in [0.05, 0.1) is 24.1 Å². The van der Waals surface area contributed by atoms with Crippen LogP contribution in [0.25, 0.3) is 20.4 Å². The quantitative estimate of drug-likeness (QED) is 0.521. The molecule has 1 aromatic carbocycles. The molecule has 4 rings (SSSR count). The number of pyridine rings is 1. The third kappa shape index (κ3) is 3.47. The van der Waals surface area contributed by atoms with Crippen molar-refractivity contribution < 1.29 is 9.53 Å². The van der Waals surface area contributed by atoms with Gasteiger partial charge < -0.3 is 10.1 Å². The Hall–Kier alpha value is -3.26. The van der Waals surface area contributed by atoms with Crippen molar-refractivity contribution in [1.29, 1.82) is 0 Å². The van der Waals surface area contributed by atoms with Crippen molar-refractivity contribution >= 4 is 43.4 Å². The van der Waals surface area contributed by atoms with Crippen LogP contribution in [0.5, 0.6) is 5.75 Å². The predicted octanol–water partition coefficient (Wildman–Crippen LogP) is 3.99. The topological polar surface area (TPSA) is 86.1 Å². The molecule has 0 aliphatic heterocycles. The molecule has 0 aliphatic carbocycles. The van der Waals surface area contributed by atoms with Crippen molar-refractivity contribution in [2.75, 3.05) is 11.9 Å². The second-order valence-electron chi connectivity index (χ2n) is 6.44. The van der Waals surface area contributed by atoms with Gasteiger partial charge in [0.1, 0.15) is 21.3 Å². The van der Waals surface area contributed by atoms with E-state index in [0.717, 1.165) is 10.2 Å². The summed E-state index contributed by atoms with van der Waals surface area (Å²) >= 11 is 1.30. The first-order valence-corrected chi connectivity index (χ1v) is 10.2. The van der Waals surface area contributed by atoms with Crippen LogP contribution in [0.4, 0.5) is 5.69 Å². The molecule has 148 valence electrons. The number of nitrogens with zero attached hydrogens (tertiary/aromatic N) is 3. The van der Waals surface area contributed by atoms with E-state index in [1.54, 1.807) is 18.3 Å². The number of thiophene rings is 1.